The molecule has 1 aromatic heterocycles. The van der Waals surface area contributed by atoms with Gasteiger partial charge in [0.2, 0.25) is 0 Å². The first-order valence-corrected chi connectivity index (χ1v) is 3.39. The summed E-state index contributed by atoms with van der Waals surface area (Å²) in [6, 6.07) is 2.01. The van der Waals surface area contributed by atoms with Gasteiger partial charge in [0.25, 0.3) is 0 Å². The summed E-state index contributed by atoms with van der Waals surface area (Å²) in [4.78, 5) is 2.20. The van der Waals surface area contributed by atoms with Crippen LogP contribution in [0.2, 0.25) is 0 Å². The van der Waals surface area contributed by atoms with Crippen molar-refractivity contribution < 1.29 is 0 Å². The number of hydrogen-bond donors (Lipinski definition) is 0. The van der Waals surface area contributed by atoms with E-state index in [4.69, 9.17) is 0 Å². The molecule has 10 heavy (non-hydrogen) atoms. The van der Waals surface area contributed by atoms with Crippen LogP contribution in [0.3, 0.4) is 0 Å². The molecule has 0 atom stereocenters. The minimum atomic E-state index is 1.04. The van der Waals surface area contributed by atoms with Crippen LogP contribution in [0.1, 0.15) is 5.69 Å². The Morgan fingerprint density at radius 3 is 3.30 bits per heavy atom. The van der Waals surface area contributed by atoms with Gasteiger partial charge in [0.05, 0.1) is 17.6 Å². The standard InChI is InChI=1S/C7H9N3/c1-10-5-3-6-7(10)2-4-8-9-6/h2,4H,3,5H2,1H3. The van der Waals surface area contributed by atoms with E-state index in [1.807, 2.05) is 6.07 Å². The summed E-state index contributed by atoms with van der Waals surface area (Å²) >= 11 is 0. The lowest BCUT2D eigenvalue weighted by Crippen LogP contribution is -2.12. The lowest BCUT2D eigenvalue weighted by atomic mass is 10.3. The van der Waals surface area contributed by atoms with Crippen LogP contribution in [0.15, 0.2) is 12.3 Å². The maximum atomic E-state index is 4.02. The monoisotopic (exact) mass is 135 g/mol. The molecular weight excluding hydrogens is 126 g/mol. The number of hydrogen-bond acceptors (Lipinski definition) is 3. The fraction of sp³-hybridized carbons (Fsp3) is 0.429. The van der Waals surface area contributed by atoms with Crippen molar-refractivity contribution in [3.63, 3.8) is 0 Å². The Labute approximate surface area is 59.7 Å². The molecule has 2 rings (SSSR count). The predicted molar refractivity (Wildman–Crippen MR) is 39.0 cm³/mol. The van der Waals surface area contributed by atoms with Crippen LogP contribution >= 0.6 is 0 Å². The van der Waals surface area contributed by atoms with Crippen molar-refractivity contribution in [2.75, 3.05) is 18.5 Å². The van der Waals surface area contributed by atoms with E-state index in [-0.39, 0.29) is 0 Å². The Morgan fingerprint density at radius 2 is 2.50 bits per heavy atom. The fourth-order valence-corrected chi connectivity index (χ4v) is 1.27. The van der Waals surface area contributed by atoms with Crippen LogP contribution in [0.4, 0.5) is 5.69 Å². The Balaban J connectivity index is 2.51. The SMILES string of the molecule is CN1CCc2nnccc21. The molecule has 0 bridgehead atoms. The number of nitrogens with zero attached hydrogens (tertiary/aromatic N) is 3. The van der Waals surface area contributed by atoms with Crippen molar-refractivity contribution >= 4 is 5.69 Å². The van der Waals surface area contributed by atoms with Gasteiger partial charge in [0.15, 0.2) is 0 Å². The first-order chi connectivity index (χ1) is 4.88. The van der Waals surface area contributed by atoms with E-state index in [9.17, 15) is 0 Å². The van der Waals surface area contributed by atoms with Crippen molar-refractivity contribution in [3.05, 3.63) is 18.0 Å². The minimum Gasteiger partial charge on any atom is -0.373 e. The molecule has 0 aliphatic carbocycles. The zero-order chi connectivity index (χ0) is 6.97. The summed E-state index contributed by atoms with van der Waals surface area (Å²) in [6.07, 6.45) is 2.78. The molecular formula is C7H9N3. The second-order valence-electron chi connectivity index (χ2n) is 2.53. The van der Waals surface area contributed by atoms with Gasteiger partial charge in [-0.3, -0.25) is 0 Å². The van der Waals surface area contributed by atoms with Crippen molar-refractivity contribution in [1.29, 1.82) is 0 Å². The van der Waals surface area contributed by atoms with Crippen LogP contribution in [0.5, 0.6) is 0 Å². The molecule has 0 fully saturated rings. The molecule has 0 aromatic carbocycles. The first kappa shape index (κ1) is 5.65. The van der Waals surface area contributed by atoms with Crippen molar-refractivity contribution in [2.45, 2.75) is 6.42 Å². The van der Waals surface area contributed by atoms with E-state index in [2.05, 4.69) is 22.1 Å². The van der Waals surface area contributed by atoms with Gasteiger partial charge < -0.3 is 4.90 Å². The van der Waals surface area contributed by atoms with Crippen LogP contribution < -0.4 is 4.90 Å². The quantitative estimate of drug-likeness (QED) is 0.517. The van der Waals surface area contributed by atoms with Crippen molar-refractivity contribution in [1.82, 2.24) is 10.2 Å². The van der Waals surface area contributed by atoms with Gasteiger partial charge >= 0.3 is 0 Å². The Bertz CT molecular complexity index is 246. The van der Waals surface area contributed by atoms with Gasteiger partial charge in [-0.25, -0.2) is 0 Å². The van der Waals surface area contributed by atoms with E-state index in [1.165, 1.54) is 5.69 Å². The predicted octanol–water partition coefficient (Wildman–Crippen LogP) is 0.469. The molecule has 0 amide bonds. The van der Waals surface area contributed by atoms with Crippen molar-refractivity contribution in [2.24, 2.45) is 0 Å². The smallest absolute Gasteiger partial charge is 0.0881 e. The van der Waals surface area contributed by atoms with Gasteiger partial charge in [-0.05, 0) is 6.07 Å². The maximum absolute atomic E-state index is 4.02. The topological polar surface area (TPSA) is 29.0 Å². The molecule has 1 aromatic rings. The number of likely N-dealkylation sites (N-methyl/N-ethyl adjacent to an activating group) is 1. The van der Waals surface area contributed by atoms with E-state index < -0.39 is 0 Å². The maximum Gasteiger partial charge on any atom is 0.0881 e. The highest BCUT2D eigenvalue weighted by atomic mass is 15.2. The second kappa shape index (κ2) is 1.94. The highest BCUT2D eigenvalue weighted by Gasteiger charge is 2.15. The molecule has 1 aliphatic rings. The molecule has 0 saturated carbocycles. The number of rotatable bonds is 0. The molecule has 0 spiro atoms. The summed E-state index contributed by atoms with van der Waals surface area (Å²) in [5.41, 5.74) is 2.36. The molecule has 0 saturated heterocycles. The first-order valence-electron chi connectivity index (χ1n) is 3.39. The number of fused-ring (bicyclic) bond motifs is 1. The summed E-state index contributed by atoms with van der Waals surface area (Å²) < 4.78 is 0. The molecule has 0 radical (unpaired) electrons. The number of aromatic nitrogens is 2. The van der Waals surface area contributed by atoms with Crippen molar-refractivity contribution in [3.8, 4) is 0 Å². The number of anilines is 1. The average molecular weight is 135 g/mol. The largest absolute Gasteiger partial charge is 0.373 e. The normalized spacial score (nSPS) is 15.5. The Kier molecular flexibility index (Phi) is 1.09. The highest BCUT2D eigenvalue weighted by molar-refractivity contribution is 5.52. The molecule has 3 heteroatoms. The third-order valence-corrected chi connectivity index (χ3v) is 1.87. The van der Waals surface area contributed by atoms with Crippen LogP contribution in [-0.4, -0.2) is 23.8 Å². The van der Waals surface area contributed by atoms with Gasteiger partial charge in [-0.2, -0.15) is 10.2 Å². The molecule has 3 nitrogen and oxygen atoms in total. The van der Waals surface area contributed by atoms with E-state index in [1.54, 1.807) is 6.20 Å². The molecule has 2 heterocycles. The van der Waals surface area contributed by atoms with Crippen LogP contribution in [0.25, 0.3) is 0 Å². The zero-order valence-electron chi connectivity index (χ0n) is 5.91. The third-order valence-electron chi connectivity index (χ3n) is 1.87. The highest BCUT2D eigenvalue weighted by Crippen LogP contribution is 2.22. The lowest BCUT2D eigenvalue weighted by molar-refractivity contribution is 0.915. The van der Waals surface area contributed by atoms with Gasteiger partial charge in [-0.1, -0.05) is 0 Å². The van der Waals surface area contributed by atoms with E-state index >= 15 is 0 Å². The summed E-state index contributed by atoms with van der Waals surface area (Å²) in [5, 5.41) is 7.83. The van der Waals surface area contributed by atoms with Gasteiger partial charge in [-0.15, -0.1) is 0 Å². The van der Waals surface area contributed by atoms with Crippen LogP contribution in [0, 0.1) is 0 Å². The van der Waals surface area contributed by atoms with Gasteiger partial charge in [0, 0.05) is 20.0 Å². The minimum absolute atomic E-state index is 1.04. The van der Waals surface area contributed by atoms with E-state index in [0.29, 0.717) is 0 Å². The average Bonchev–Trinajstić information content (AvgIpc) is 2.34. The molecule has 0 unspecified atom stereocenters. The van der Waals surface area contributed by atoms with E-state index in [0.717, 1.165) is 18.7 Å². The fourth-order valence-electron chi connectivity index (χ4n) is 1.27. The third kappa shape index (κ3) is 0.667. The summed E-state index contributed by atoms with van der Waals surface area (Å²) in [5.74, 6) is 0. The molecule has 52 valence electrons. The Hall–Kier alpha value is -1.12. The summed E-state index contributed by atoms with van der Waals surface area (Å²) in [7, 11) is 2.08. The second-order valence-corrected chi connectivity index (χ2v) is 2.53. The summed E-state index contributed by atoms with van der Waals surface area (Å²) in [6.45, 7) is 1.08. The lowest BCUT2D eigenvalue weighted by Gasteiger charge is -2.09. The molecule has 1 aliphatic heterocycles. The zero-order valence-corrected chi connectivity index (χ0v) is 5.91. The van der Waals surface area contributed by atoms with Gasteiger partial charge in [0.1, 0.15) is 0 Å². The van der Waals surface area contributed by atoms with Crippen LogP contribution in [-0.2, 0) is 6.42 Å². The Morgan fingerprint density at radius 1 is 1.60 bits per heavy atom. The molecule has 0 N–H and O–H groups in total.